The average molecular weight is 338 g/mol. The number of carbonyl (C=O) groups excluding carboxylic acids is 1. The van der Waals surface area contributed by atoms with Crippen molar-refractivity contribution in [2.45, 2.75) is 44.3 Å². The van der Waals surface area contributed by atoms with Crippen LogP contribution in [-0.2, 0) is 13.6 Å². The van der Waals surface area contributed by atoms with E-state index < -0.39 is 0 Å². The number of hydrogen-bond donors (Lipinski definition) is 0. The molecule has 0 N–H and O–H groups in total. The molecule has 4 rings (SSSR count). The lowest BCUT2D eigenvalue weighted by Crippen LogP contribution is -2.48. The van der Waals surface area contributed by atoms with Crippen molar-refractivity contribution in [2.75, 3.05) is 13.1 Å². The van der Waals surface area contributed by atoms with Gasteiger partial charge in [-0.1, -0.05) is 30.3 Å². The molecular weight excluding hydrogens is 312 g/mol. The fourth-order valence-electron chi connectivity index (χ4n) is 4.48. The van der Waals surface area contributed by atoms with E-state index in [-0.39, 0.29) is 5.91 Å². The van der Waals surface area contributed by atoms with E-state index in [9.17, 15) is 4.79 Å². The van der Waals surface area contributed by atoms with E-state index in [4.69, 9.17) is 0 Å². The molecule has 1 aromatic heterocycles. The van der Waals surface area contributed by atoms with Gasteiger partial charge >= 0.3 is 0 Å². The number of likely N-dealkylation sites (tertiary alicyclic amines) is 2. The Morgan fingerprint density at radius 3 is 2.60 bits per heavy atom. The molecule has 2 aliphatic rings. The zero-order valence-electron chi connectivity index (χ0n) is 14.8. The number of hydrogen-bond acceptors (Lipinski definition) is 3. The van der Waals surface area contributed by atoms with Crippen molar-refractivity contribution in [1.29, 1.82) is 0 Å². The number of aromatic nitrogens is 2. The highest BCUT2D eigenvalue weighted by Crippen LogP contribution is 2.32. The molecule has 2 saturated heterocycles. The van der Waals surface area contributed by atoms with E-state index in [0.717, 1.165) is 32.5 Å². The number of amides is 1. The van der Waals surface area contributed by atoms with E-state index in [1.54, 1.807) is 10.9 Å². The van der Waals surface area contributed by atoms with Gasteiger partial charge in [0, 0.05) is 38.4 Å². The van der Waals surface area contributed by atoms with Gasteiger partial charge < -0.3 is 4.90 Å². The first-order valence-electron chi connectivity index (χ1n) is 9.31. The van der Waals surface area contributed by atoms with E-state index >= 15 is 0 Å². The van der Waals surface area contributed by atoms with Crippen LogP contribution in [0.15, 0.2) is 42.6 Å². The van der Waals surface area contributed by atoms with Crippen molar-refractivity contribution in [1.82, 2.24) is 19.6 Å². The summed E-state index contributed by atoms with van der Waals surface area (Å²) < 4.78 is 1.69. The molecule has 1 aromatic carbocycles. The second kappa shape index (κ2) is 7.00. The summed E-state index contributed by atoms with van der Waals surface area (Å²) in [7, 11) is 1.84. The summed E-state index contributed by atoms with van der Waals surface area (Å²) in [5.41, 5.74) is 2.05. The molecule has 0 unspecified atom stereocenters. The Balaban J connectivity index is 1.51. The zero-order chi connectivity index (χ0) is 17.2. The van der Waals surface area contributed by atoms with Gasteiger partial charge in [-0.05, 0) is 43.9 Å². The molecule has 2 atom stereocenters. The maximum Gasteiger partial charge on any atom is 0.272 e. The average Bonchev–Trinajstić information content (AvgIpc) is 3.35. The Bertz CT molecular complexity index is 726. The smallest absolute Gasteiger partial charge is 0.272 e. The molecule has 0 bridgehead atoms. The van der Waals surface area contributed by atoms with Crippen LogP contribution < -0.4 is 0 Å². The third kappa shape index (κ3) is 3.21. The predicted octanol–water partition coefficient (Wildman–Crippen LogP) is 2.69. The highest BCUT2D eigenvalue weighted by molar-refractivity contribution is 5.93. The van der Waals surface area contributed by atoms with Gasteiger partial charge in [0.1, 0.15) is 5.69 Å². The minimum atomic E-state index is 0.133. The first kappa shape index (κ1) is 16.3. The normalized spacial score (nSPS) is 24.1. The Morgan fingerprint density at radius 1 is 1.08 bits per heavy atom. The number of aryl methyl sites for hydroxylation is 1. The van der Waals surface area contributed by atoms with Crippen molar-refractivity contribution in [2.24, 2.45) is 7.05 Å². The van der Waals surface area contributed by atoms with Crippen molar-refractivity contribution in [3.63, 3.8) is 0 Å². The SMILES string of the molecule is Cn1nccc1C(=O)N1CCC[C@@H]1[C@@H]1CCCN1Cc1ccccc1. The van der Waals surface area contributed by atoms with Gasteiger partial charge in [0.25, 0.3) is 5.91 Å². The van der Waals surface area contributed by atoms with E-state index in [2.05, 4.69) is 45.2 Å². The highest BCUT2D eigenvalue weighted by atomic mass is 16.2. The summed E-state index contributed by atoms with van der Waals surface area (Å²) in [5.74, 6) is 0.133. The minimum absolute atomic E-state index is 0.133. The Hall–Kier alpha value is -2.14. The molecule has 0 saturated carbocycles. The summed E-state index contributed by atoms with van der Waals surface area (Å²) >= 11 is 0. The molecule has 0 radical (unpaired) electrons. The molecule has 2 aliphatic heterocycles. The molecule has 25 heavy (non-hydrogen) atoms. The second-order valence-electron chi connectivity index (χ2n) is 7.21. The van der Waals surface area contributed by atoms with Crippen LogP contribution in [0.5, 0.6) is 0 Å². The van der Waals surface area contributed by atoms with Crippen molar-refractivity contribution >= 4 is 5.91 Å². The molecule has 0 aliphatic carbocycles. The fourth-order valence-corrected chi connectivity index (χ4v) is 4.48. The van der Waals surface area contributed by atoms with Crippen LogP contribution >= 0.6 is 0 Å². The lowest BCUT2D eigenvalue weighted by molar-refractivity contribution is 0.0628. The second-order valence-corrected chi connectivity index (χ2v) is 7.21. The Kier molecular flexibility index (Phi) is 4.57. The van der Waals surface area contributed by atoms with Crippen LogP contribution in [0, 0.1) is 0 Å². The van der Waals surface area contributed by atoms with Gasteiger partial charge in [0.05, 0.1) is 0 Å². The maximum atomic E-state index is 13.0. The Morgan fingerprint density at radius 2 is 1.84 bits per heavy atom. The summed E-state index contributed by atoms with van der Waals surface area (Å²) in [5, 5.41) is 4.16. The first-order chi connectivity index (χ1) is 12.2. The molecule has 5 heteroatoms. The van der Waals surface area contributed by atoms with E-state index in [1.165, 1.54) is 18.4 Å². The van der Waals surface area contributed by atoms with E-state index in [1.807, 2.05) is 13.1 Å². The number of carbonyl (C=O) groups is 1. The molecule has 132 valence electrons. The van der Waals surface area contributed by atoms with Gasteiger partial charge in [-0.15, -0.1) is 0 Å². The molecule has 0 spiro atoms. The third-order valence-corrected chi connectivity index (χ3v) is 5.69. The van der Waals surface area contributed by atoms with Crippen LogP contribution in [0.1, 0.15) is 41.7 Å². The lowest BCUT2D eigenvalue weighted by atomic mass is 10.0. The lowest BCUT2D eigenvalue weighted by Gasteiger charge is -2.35. The molecule has 1 amide bonds. The third-order valence-electron chi connectivity index (χ3n) is 5.69. The quantitative estimate of drug-likeness (QED) is 0.861. The minimum Gasteiger partial charge on any atom is -0.333 e. The highest BCUT2D eigenvalue weighted by Gasteiger charge is 2.40. The van der Waals surface area contributed by atoms with Crippen LogP contribution in [0.3, 0.4) is 0 Å². The van der Waals surface area contributed by atoms with Crippen molar-refractivity contribution in [3.05, 3.63) is 53.9 Å². The number of rotatable bonds is 4. The summed E-state index contributed by atoms with van der Waals surface area (Å²) in [6.45, 7) is 2.98. The van der Waals surface area contributed by atoms with Gasteiger partial charge in [0.2, 0.25) is 0 Å². The standard InChI is InChI=1S/C20H26N4O/c1-22-19(11-12-21-22)20(25)24-14-6-10-18(24)17-9-5-13-23(17)15-16-7-3-2-4-8-16/h2-4,7-8,11-12,17-18H,5-6,9-10,13-15H2,1H3/t17-,18+/m0/s1. The van der Waals surface area contributed by atoms with Crippen LogP contribution in [0.2, 0.25) is 0 Å². The van der Waals surface area contributed by atoms with Gasteiger partial charge in [-0.25, -0.2) is 0 Å². The molecule has 5 nitrogen and oxygen atoms in total. The summed E-state index contributed by atoms with van der Waals surface area (Å²) in [4.78, 5) is 17.7. The van der Waals surface area contributed by atoms with Crippen LogP contribution in [0.25, 0.3) is 0 Å². The molecule has 2 fully saturated rings. The summed E-state index contributed by atoms with van der Waals surface area (Å²) in [6.07, 6.45) is 6.33. The van der Waals surface area contributed by atoms with Crippen LogP contribution in [-0.4, -0.2) is 50.7 Å². The number of benzene rings is 1. The maximum absolute atomic E-state index is 13.0. The first-order valence-corrected chi connectivity index (χ1v) is 9.31. The van der Waals surface area contributed by atoms with Gasteiger partial charge in [0.15, 0.2) is 0 Å². The van der Waals surface area contributed by atoms with Crippen molar-refractivity contribution < 1.29 is 4.79 Å². The topological polar surface area (TPSA) is 41.4 Å². The van der Waals surface area contributed by atoms with Gasteiger partial charge in [-0.3, -0.25) is 14.4 Å². The predicted molar refractivity (Wildman–Crippen MR) is 97.1 cm³/mol. The molecule has 2 aromatic rings. The Labute approximate surface area is 149 Å². The monoisotopic (exact) mass is 338 g/mol. The van der Waals surface area contributed by atoms with Crippen molar-refractivity contribution in [3.8, 4) is 0 Å². The molecular formula is C20H26N4O. The van der Waals surface area contributed by atoms with Crippen LogP contribution in [0.4, 0.5) is 0 Å². The van der Waals surface area contributed by atoms with E-state index in [0.29, 0.717) is 17.8 Å². The summed E-state index contributed by atoms with van der Waals surface area (Å²) in [6, 6.07) is 13.3. The number of nitrogens with zero attached hydrogens (tertiary/aromatic N) is 4. The fraction of sp³-hybridized carbons (Fsp3) is 0.500. The van der Waals surface area contributed by atoms with Gasteiger partial charge in [-0.2, -0.15) is 5.10 Å². The molecule has 3 heterocycles. The zero-order valence-corrected chi connectivity index (χ0v) is 14.8. The largest absolute Gasteiger partial charge is 0.333 e.